The van der Waals surface area contributed by atoms with Gasteiger partial charge in [0.2, 0.25) is 0 Å². The smallest absolute Gasteiger partial charge is 0.107 e. The minimum Gasteiger partial charge on any atom is -0.324 e. The summed E-state index contributed by atoms with van der Waals surface area (Å²) >= 11 is 0. The maximum absolute atomic E-state index is 9.03. The van der Waals surface area contributed by atoms with Gasteiger partial charge >= 0.3 is 0 Å². The third kappa shape index (κ3) is 2.24. The zero-order valence-electron chi connectivity index (χ0n) is 13.1. The number of fused-ring (bicyclic) bond motifs is 3. The lowest BCUT2D eigenvalue weighted by Crippen LogP contribution is -2.01. The largest absolute Gasteiger partial charge is 0.324 e. The summed E-state index contributed by atoms with van der Waals surface area (Å²) in [6.07, 6.45) is 3.62. The highest BCUT2D eigenvalue weighted by Gasteiger charge is 2.22. The molecule has 0 bridgehead atoms. The third-order valence-corrected chi connectivity index (χ3v) is 4.61. The van der Waals surface area contributed by atoms with Crippen molar-refractivity contribution < 1.29 is 0 Å². The Bertz CT molecular complexity index is 956. The van der Waals surface area contributed by atoms with Gasteiger partial charge in [-0.1, -0.05) is 36.4 Å². The van der Waals surface area contributed by atoms with Crippen LogP contribution in [0.2, 0.25) is 0 Å². The predicted octanol–water partition coefficient (Wildman–Crippen LogP) is 4.25. The number of aryl methyl sites for hydroxylation is 2. The lowest BCUT2D eigenvalue weighted by molar-refractivity contribution is 0.786. The molecule has 2 aromatic carbocycles. The van der Waals surface area contributed by atoms with E-state index in [1.807, 2.05) is 6.07 Å². The Kier molecular flexibility index (Phi) is 3.24. The summed E-state index contributed by atoms with van der Waals surface area (Å²) in [6.45, 7) is 2.87. The lowest BCUT2D eigenvalue weighted by Gasteiger charge is -2.08. The van der Waals surface area contributed by atoms with E-state index in [1.54, 1.807) is 6.08 Å². The third-order valence-electron chi connectivity index (χ3n) is 4.61. The summed E-state index contributed by atoms with van der Waals surface area (Å²) in [6, 6.07) is 17.0. The van der Waals surface area contributed by atoms with Crippen molar-refractivity contribution in [3.05, 3.63) is 71.1 Å². The zero-order chi connectivity index (χ0) is 15.8. The average molecular weight is 299 g/mol. The molecule has 1 aliphatic rings. The molecular weight excluding hydrogens is 282 g/mol. The average Bonchev–Trinajstić information content (AvgIpc) is 3.11. The second-order valence-electron chi connectivity index (χ2n) is 6.00. The predicted molar refractivity (Wildman–Crippen MR) is 91.9 cm³/mol. The van der Waals surface area contributed by atoms with E-state index in [4.69, 9.17) is 10.2 Å². The molecule has 0 N–H and O–H groups in total. The number of aromatic nitrogens is 2. The van der Waals surface area contributed by atoms with Crippen molar-refractivity contribution in [1.82, 2.24) is 9.55 Å². The summed E-state index contributed by atoms with van der Waals surface area (Å²) in [5, 5.41) is 9.03. The standard InChI is InChI=1S/C20H17N3/c1-14-22-20-18(23(14)13-15-5-3-2-4-6-15)10-9-16-7-8-17(11-12-21)19(16)20/h2-6,9-11H,7-8,13H2,1H3. The Labute approximate surface area is 135 Å². The summed E-state index contributed by atoms with van der Waals surface area (Å²) < 4.78 is 2.26. The van der Waals surface area contributed by atoms with Crippen molar-refractivity contribution in [2.75, 3.05) is 0 Å². The van der Waals surface area contributed by atoms with Crippen LogP contribution in [0.1, 0.15) is 28.9 Å². The molecule has 0 saturated carbocycles. The fraction of sp³-hybridized carbons (Fsp3) is 0.200. The summed E-state index contributed by atoms with van der Waals surface area (Å²) in [5.41, 5.74) is 7.06. The molecule has 3 aromatic rings. The molecule has 0 radical (unpaired) electrons. The van der Waals surface area contributed by atoms with Gasteiger partial charge in [-0.3, -0.25) is 0 Å². The van der Waals surface area contributed by atoms with Crippen LogP contribution in [0.15, 0.2) is 48.5 Å². The molecule has 3 nitrogen and oxygen atoms in total. The minimum atomic E-state index is 0.819. The number of nitrogens with zero attached hydrogens (tertiary/aromatic N) is 3. The summed E-state index contributed by atoms with van der Waals surface area (Å²) in [7, 11) is 0. The summed E-state index contributed by atoms with van der Waals surface area (Å²) in [4.78, 5) is 4.83. The van der Waals surface area contributed by atoms with E-state index in [0.717, 1.165) is 41.8 Å². The zero-order valence-corrected chi connectivity index (χ0v) is 13.1. The molecule has 0 aliphatic heterocycles. The molecule has 0 fully saturated rings. The van der Waals surface area contributed by atoms with E-state index in [1.165, 1.54) is 16.7 Å². The van der Waals surface area contributed by atoms with Gasteiger partial charge in [-0.2, -0.15) is 5.26 Å². The first-order valence-corrected chi connectivity index (χ1v) is 7.89. The SMILES string of the molecule is Cc1nc2c3c(ccc2n1Cc1ccccc1)CCC3=CC#N. The van der Waals surface area contributed by atoms with Crippen LogP contribution in [-0.4, -0.2) is 9.55 Å². The van der Waals surface area contributed by atoms with Gasteiger partial charge in [0, 0.05) is 18.2 Å². The highest BCUT2D eigenvalue weighted by atomic mass is 15.1. The normalized spacial score (nSPS) is 15.0. The number of allylic oxidation sites excluding steroid dienone is 2. The van der Waals surface area contributed by atoms with Crippen LogP contribution in [0, 0.1) is 18.3 Å². The quantitative estimate of drug-likeness (QED) is 0.664. The monoisotopic (exact) mass is 299 g/mol. The topological polar surface area (TPSA) is 41.6 Å². The van der Waals surface area contributed by atoms with Crippen LogP contribution in [0.25, 0.3) is 16.6 Å². The van der Waals surface area contributed by atoms with E-state index in [0.29, 0.717) is 0 Å². The maximum Gasteiger partial charge on any atom is 0.107 e. The van der Waals surface area contributed by atoms with Crippen molar-refractivity contribution >= 4 is 16.6 Å². The van der Waals surface area contributed by atoms with Crippen LogP contribution >= 0.6 is 0 Å². The van der Waals surface area contributed by atoms with Gasteiger partial charge < -0.3 is 4.57 Å². The molecule has 0 unspecified atom stereocenters. The Morgan fingerprint density at radius 2 is 2.00 bits per heavy atom. The molecule has 0 spiro atoms. The number of hydrogen-bond donors (Lipinski definition) is 0. The van der Waals surface area contributed by atoms with Gasteiger partial charge in [0.15, 0.2) is 0 Å². The Balaban J connectivity index is 1.89. The van der Waals surface area contributed by atoms with Gasteiger partial charge in [0.1, 0.15) is 5.82 Å². The lowest BCUT2D eigenvalue weighted by atomic mass is 10.1. The second kappa shape index (κ2) is 5.40. The number of hydrogen-bond acceptors (Lipinski definition) is 2. The van der Waals surface area contributed by atoms with Gasteiger partial charge in [0.25, 0.3) is 0 Å². The van der Waals surface area contributed by atoms with E-state index in [2.05, 4.69) is 54.0 Å². The number of rotatable bonds is 2. The number of benzene rings is 2. The Hall–Kier alpha value is -2.86. The molecule has 112 valence electrons. The molecule has 4 rings (SSSR count). The second-order valence-corrected chi connectivity index (χ2v) is 6.00. The van der Waals surface area contributed by atoms with Crippen molar-refractivity contribution in [3.8, 4) is 6.07 Å². The summed E-state index contributed by atoms with van der Waals surface area (Å²) in [5.74, 6) is 1.01. The van der Waals surface area contributed by atoms with Gasteiger partial charge in [-0.05, 0) is 42.5 Å². The first-order chi connectivity index (χ1) is 11.3. The van der Waals surface area contributed by atoms with Crippen molar-refractivity contribution in [2.24, 2.45) is 0 Å². The minimum absolute atomic E-state index is 0.819. The van der Waals surface area contributed by atoms with Crippen molar-refractivity contribution in [3.63, 3.8) is 0 Å². The van der Waals surface area contributed by atoms with E-state index < -0.39 is 0 Å². The van der Waals surface area contributed by atoms with E-state index in [9.17, 15) is 0 Å². The Morgan fingerprint density at radius 1 is 1.17 bits per heavy atom. The van der Waals surface area contributed by atoms with Crippen LogP contribution in [0.4, 0.5) is 0 Å². The fourth-order valence-electron chi connectivity index (χ4n) is 3.50. The molecule has 0 atom stereocenters. The van der Waals surface area contributed by atoms with Crippen molar-refractivity contribution in [1.29, 1.82) is 5.26 Å². The molecule has 1 heterocycles. The van der Waals surface area contributed by atoms with Crippen LogP contribution in [0.5, 0.6) is 0 Å². The first kappa shape index (κ1) is 13.8. The van der Waals surface area contributed by atoms with E-state index >= 15 is 0 Å². The maximum atomic E-state index is 9.03. The molecular formula is C20H17N3. The Morgan fingerprint density at radius 3 is 2.78 bits per heavy atom. The molecule has 1 aliphatic carbocycles. The van der Waals surface area contributed by atoms with Gasteiger partial charge in [-0.25, -0.2) is 4.98 Å². The van der Waals surface area contributed by atoms with Crippen LogP contribution in [0.3, 0.4) is 0 Å². The van der Waals surface area contributed by atoms with Gasteiger partial charge in [-0.15, -0.1) is 0 Å². The highest BCUT2D eigenvalue weighted by Crippen LogP contribution is 2.37. The van der Waals surface area contributed by atoms with Crippen molar-refractivity contribution in [2.45, 2.75) is 26.3 Å². The molecule has 0 amide bonds. The molecule has 0 saturated heterocycles. The number of nitriles is 1. The van der Waals surface area contributed by atoms with Crippen LogP contribution in [-0.2, 0) is 13.0 Å². The van der Waals surface area contributed by atoms with Crippen LogP contribution < -0.4 is 0 Å². The number of imidazole rings is 1. The molecule has 23 heavy (non-hydrogen) atoms. The first-order valence-electron chi connectivity index (χ1n) is 7.89. The van der Waals surface area contributed by atoms with Gasteiger partial charge in [0.05, 0.1) is 17.1 Å². The highest BCUT2D eigenvalue weighted by molar-refractivity contribution is 5.93. The molecule has 3 heteroatoms. The van der Waals surface area contributed by atoms with E-state index in [-0.39, 0.29) is 0 Å². The molecule has 1 aromatic heterocycles. The fourth-order valence-corrected chi connectivity index (χ4v) is 3.50.